The SMILES string of the molecule is O=S=C(C(=O)NC1C(=O)N2C(C(=O)O)=C(CSc3ccncc3)CS[C@H]12)c1cccs1. The zero-order valence-electron chi connectivity index (χ0n) is 15.7. The van der Waals surface area contributed by atoms with Gasteiger partial charge in [0.1, 0.15) is 33.2 Å². The highest BCUT2D eigenvalue weighted by atomic mass is 32.2. The predicted octanol–water partition coefficient (Wildman–Crippen LogP) is 1.41. The molecule has 12 heteroatoms. The number of rotatable bonds is 7. The highest BCUT2D eigenvalue weighted by Crippen LogP contribution is 2.41. The van der Waals surface area contributed by atoms with Gasteiger partial charge in [0.25, 0.3) is 11.8 Å². The van der Waals surface area contributed by atoms with Crippen molar-refractivity contribution < 1.29 is 23.7 Å². The molecule has 2 aliphatic heterocycles. The summed E-state index contributed by atoms with van der Waals surface area (Å²) < 4.78 is 11.4. The second-order valence-electron chi connectivity index (χ2n) is 6.48. The Bertz CT molecular complexity index is 1110. The normalized spacial score (nSPS) is 20.0. The number of thioether (sulfide) groups is 2. The van der Waals surface area contributed by atoms with Gasteiger partial charge in [0.05, 0.1) is 4.88 Å². The van der Waals surface area contributed by atoms with Crippen LogP contribution in [0.2, 0.25) is 0 Å². The van der Waals surface area contributed by atoms with Gasteiger partial charge in [0.15, 0.2) is 0 Å². The van der Waals surface area contributed by atoms with Gasteiger partial charge < -0.3 is 10.4 Å². The number of aromatic nitrogens is 1. The fourth-order valence-electron chi connectivity index (χ4n) is 3.20. The molecule has 0 radical (unpaired) electrons. The molecular weight excluding hydrogens is 478 g/mol. The lowest BCUT2D eigenvalue weighted by Crippen LogP contribution is -2.71. The minimum absolute atomic E-state index is 0.00880. The maximum atomic E-state index is 12.8. The van der Waals surface area contributed by atoms with Crippen molar-refractivity contribution in [2.24, 2.45) is 0 Å². The summed E-state index contributed by atoms with van der Waals surface area (Å²) in [7, 11) is 0. The van der Waals surface area contributed by atoms with Gasteiger partial charge in [-0.05, 0) is 29.2 Å². The third-order valence-corrected chi connectivity index (χ3v) is 8.66. The van der Waals surface area contributed by atoms with E-state index in [0.29, 0.717) is 22.0 Å². The Kier molecular flexibility index (Phi) is 6.60. The van der Waals surface area contributed by atoms with Crippen LogP contribution in [-0.4, -0.2) is 64.8 Å². The van der Waals surface area contributed by atoms with Crippen molar-refractivity contribution in [3.63, 3.8) is 0 Å². The van der Waals surface area contributed by atoms with E-state index in [4.69, 9.17) is 0 Å². The molecule has 1 fully saturated rings. The minimum Gasteiger partial charge on any atom is -0.477 e. The van der Waals surface area contributed by atoms with Gasteiger partial charge in [0.2, 0.25) is 0 Å². The average Bonchev–Trinajstić information content (AvgIpc) is 3.30. The number of thiophene rings is 1. The van der Waals surface area contributed by atoms with E-state index in [2.05, 4.69) is 10.3 Å². The summed E-state index contributed by atoms with van der Waals surface area (Å²) in [5.74, 6) is -1.43. The maximum Gasteiger partial charge on any atom is 0.352 e. The van der Waals surface area contributed by atoms with Crippen LogP contribution in [-0.2, 0) is 25.6 Å². The first-order chi connectivity index (χ1) is 15.0. The van der Waals surface area contributed by atoms with Crippen LogP contribution in [0.25, 0.3) is 0 Å². The monoisotopic (exact) mass is 493 g/mol. The van der Waals surface area contributed by atoms with Crippen molar-refractivity contribution in [3.8, 4) is 0 Å². The molecule has 4 heterocycles. The van der Waals surface area contributed by atoms with Gasteiger partial charge in [-0.15, -0.1) is 34.9 Å². The van der Waals surface area contributed by atoms with Gasteiger partial charge >= 0.3 is 5.97 Å². The Morgan fingerprint density at radius 3 is 2.71 bits per heavy atom. The number of carbonyl (C=O) groups is 3. The van der Waals surface area contributed by atoms with Crippen molar-refractivity contribution in [3.05, 3.63) is 58.2 Å². The highest BCUT2D eigenvalue weighted by molar-refractivity contribution is 8.01. The Morgan fingerprint density at radius 2 is 2.06 bits per heavy atom. The number of β-lactam (4-membered cyclic amide) rings is 1. The second kappa shape index (κ2) is 9.39. The van der Waals surface area contributed by atoms with Crippen LogP contribution in [0, 0.1) is 0 Å². The maximum absolute atomic E-state index is 12.8. The van der Waals surface area contributed by atoms with E-state index >= 15 is 0 Å². The molecule has 31 heavy (non-hydrogen) atoms. The molecule has 2 amide bonds. The van der Waals surface area contributed by atoms with E-state index in [1.54, 1.807) is 29.9 Å². The van der Waals surface area contributed by atoms with Gasteiger partial charge in [-0.3, -0.25) is 19.5 Å². The number of carbonyl (C=O) groups excluding carboxylic acids is 2. The highest BCUT2D eigenvalue weighted by Gasteiger charge is 2.54. The number of carboxylic acid groups (broad SMARTS) is 1. The lowest BCUT2D eigenvalue weighted by Gasteiger charge is -2.49. The Morgan fingerprint density at radius 1 is 1.29 bits per heavy atom. The zero-order chi connectivity index (χ0) is 22.0. The summed E-state index contributed by atoms with van der Waals surface area (Å²) in [6.45, 7) is 0. The molecule has 2 aromatic heterocycles. The van der Waals surface area contributed by atoms with Gasteiger partial charge in [-0.2, -0.15) is 0 Å². The largest absolute Gasteiger partial charge is 0.477 e. The van der Waals surface area contributed by atoms with Crippen molar-refractivity contribution in [2.45, 2.75) is 16.3 Å². The molecule has 0 bridgehead atoms. The Balaban J connectivity index is 1.49. The van der Waals surface area contributed by atoms with E-state index < -0.39 is 29.2 Å². The van der Waals surface area contributed by atoms with E-state index in [-0.39, 0.29) is 21.8 Å². The van der Waals surface area contributed by atoms with Gasteiger partial charge in [-0.25, -0.2) is 9.00 Å². The standard InChI is InChI=1S/C19H15N3O5S4/c23-16(15(31-27)12-2-1-7-28-12)21-13-17(24)22-14(19(25)26)10(9-30-18(13)22)8-29-11-3-5-20-6-4-11/h1-7,13,18H,8-9H2,(H,21,23)(H,25,26)/t13?,18-/m1/s1. The molecule has 8 nitrogen and oxygen atoms in total. The fraction of sp³-hybridized carbons (Fsp3) is 0.211. The van der Waals surface area contributed by atoms with Crippen LogP contribution in [0.5, 0.6) is 0 Å². The molecular formula is C19H15N3O5S4. The van der Waals surface area contributed by atoms with Crippen LogP contribution in [0.15, 0.2) is 58.2 Å². The zero-order valence-corrected chi connectivity index (χ0v) is 19.0. The summed E-state index contributed by atoms with van der Waals surface area (Å²) in [6.07, 6.45) is 3.32. The number of fused-ring (bicyclic) bond motifs is 1. The molecule has 0 aromatic carbocycles. The smallest absolute Gasteiger partial charge is 0.352 e. The first kappa shape index (κ1) is 21.8. The number of aliphatic carboxylic acids is 1. The summed E-state index contributed by atoms with van der Waals surface area (Å²) in [4.78, 5) is 43.9. The first-order valence-corrected chi connectivity index (χ1v) is 12.6. The van der Waals surface area contributed by atoms with Crippen LogP contribution < -0.4 is 5.32 Å². The number of hydrogen-bond donors (Lipinski definition) is 2. The van der Waals surface area contributed by atoms with Gasteiger partial charge in [0, 0.05) is 28.8 Å². The summed E-state index contributed by atoms with van der Waals surface area (Å²) >= 11 is 4.21. The number of nitrogens with zero attached hydrogens (tertiary/aromatic N) is 2. The summed E-state index contributed by atoms with van der Waals surface area (Å²) in [6, 6.07) is 6.18. The predicted molar refractivity (Wildman–Crippen MR) is 121 cm³/mol. The molecule has 4 rings (SSSR count). The third kappa shape index (κ3) is 4.33. The topological polar surface area (TPSA) is 117 Å². The molecule has 0 spiro atoms. The van der Waals surface area contributed by atoms with Crippen molar-refractivity contribution in [1.82, 2.24) is 15.2 Å². The first-order valence-electron chi connectivity index (χ1n) is 8.95. The molecule has 1 saturated heterocycles. The fourth-order valence-corrected chi connectivity index (χ4v) is 6.77. The number of hydrogen-bond acceptors (Lipinski definition) is 8. The van der Waals surface area contributed by atoms with Crippen LogP contribution >= 0.6 is 34.9 Å². The quantitative estimate of drug-likeness (QED) is 0.257. The average molecular weight is 494 g/mol. The van der Waals surface area contributed by atoms with Gasteiger partial charge in [-0.1, -0.05) is 6.07 Å². The molecule has 1 unspecified atom stereocenters. The number of nitrogens with one attached hydrogen (secondary N) is 1. The minimum atomic E-state index is -1.17. The van der Waals surface area contributed by atoms with Crippen molar-refractivity contribution in [1.29, 1.82) is 0 Å². The Hall–Kier alpha value is -2.41. The van der Waals surface area contributed by atoms with E-state index in [1.807, 2.05) is 12.1 Å². The number of carboxylic acids is 1. The molecule has 2 aromatic rings. The molecule has 2 aliphatic rings. The Labute approximate surface area is 193 Å². The van der Waals surface area contributed by atoms with E-state index in [9.17, 15) is 23.7 Å². The molecule has 0 aliphatic carbocycles. The number of amides is 2. The lowest BCUT2D eigenvalue weighted by atomic mass is 10.0. The molecule has 2 N–H and O–H groups in total. The van der Waals surface area contributed by atoms with Crippen molar-refractivity contribution in [2.75, 3.05) is 11.5 Å². The molecule has 0 saturated carbocycles. The van der Waals surface area contributed by atoms with Crippen molar-refractivity contribution >= 4 is 68.8 Å². The third-order valence-electron chi connectivity index (χ3n) is 4.63. The summed E-state index contributed by atoms with van der Waals surface area (Å²) in [5, 5.41) is 13.6. The lowest BCUT2D eigenvalue weighted by molar-refractivity contribution is -0.150. The van der Waals surface area contributed by atoms with E-state index in [0.717, 1.165) is 4.90 Å². The molecule has 160 valence electrons. The van der Waals surface area contributed by atoms with Crippen LogP contribution in [0.3, 0.4) is 0 Å². The summed E-state index contributed by atoms with van der Waals surface area (Å²) in [5.41, 5.74) is 0.621. The molecule has 2 atom stereocenters. The number of pyridine rings is 1. The van der Waals surface area contributed by atoms with Crippen LogP contribution in [0.1, 0.15) is 4.88 Å². The van der Waals surface area contributed by atoms with E-state index in [1.165, 1.54) is 39.8 Å². The van der Waals surface area contributed by atoms with Crippen LogP contribution in [0.4, 0.5) is 0 Å². The second-order valence-corrected chi connectivity index (χ2v) is 10.2.